The van der Waals surface area contributed by atoms with Crippen LogP contribution in [-0.2, 0) is 9.53 Å². The van der Waals surface area contributed by atoms with E-state index in [2.05, 4.69) is 10.6 Å². The van der Waals surface area contributed by atoms with Gasteiger partial charge in [-0.1, -0.05) is 0 Å². The van der Waals surface area contributed by atoms with Crippen LogP contribution in [0.5, 0.6) is 0 Å². The Morgan fingerprint density at radius 2 is 1.75 bits per heavy atom. The lowest BCUT2D eigenvalue weighted by Crippen LogP contribution is -2.36. The van der Waals surface area contributed by atoms with Crippen LogP contribution in [0.15, 0.2) is 18.2 Å². The highest BCUT2D eigenvalue weighted by atomic mass is 16.6. The van der Waals surface area contributed by atoms with Crippen LogP contribution < -0.4 is 10.6 Å². The van der Waals surface area contributed by atoms with Crippen molar-refractivity contribution in [3.63, 3.8) is 0 Å². The van der Waals surface area contributed by atoms with E-state index in [0.717, 1.165) is 6.07 Å². The Morgan fingerprint density at radius 1 is 1.11 bits per heavy atom. The lowest BCUT2D eigenvalue weighted by molar-refractivity contribution is -0.393. The van der Waals surface area contributed by atoms with E-state index in [1.54, 1.807) is 0 Å². The third kappa shape index (κ3) is 7.87. The Balaban J connectivity index is 2.70. The molecule has 0 spiro atoms. The molecule has 1 aromatic rings. The van der Waals surface area contributed by atoms with E-state index in [0.29, 0.717) is 26.0 Å². The number of anilines is 1. The van der Waals surface area contributed by atoms with Gasteiger partial charge in [0.05, 0.1) is 21.5 Å². The maximum Gasteiger partial charge on any atom is 0.299 e. The molecule has 28 heavy (non-hydrogen) atoms. The second kappa shape index (κ2) is 9.45. The molecule has 156 valence electrons. The van der Waals surface area contributed by atoms with Gasteiger partial charge in [-0.2, -0.15) is 0 Å². The van der Waals surface area contributed by atoms with Crippen molar-refractivity contribution >= 4 is 23.0 Å². The molecule has 0 aliphatic rings. The van der Waals surface area contributed by atoms with Gasteiger partial charge in [-0.3, -0.25) is 25.0 Å². The molecule has 1 aromatic carbocycles. The lowest BCUT2D eigenvalue weighted by Gasteiger charge is -2.31. The first-order chi connectivity index (χ1) is 12.8. The summed E-state index contributed by atoms with van der Waals surface area (Å²) in [5.41, 5.74) is -1.45. The molecule has 0 radical (unpaired) electrons. The summed E-state index contributed by atoms with van der Waals surface area (Å²) < 4.78 is 5.90. The van der Waals surface area contributed by atoms with Gasteiger partial charge in [0.25, 0.3) is 11.4 Å². The fourth-order valence-corrected chi connectivity index (χ4v) is 2.51. The van der Waals surface area contributed by atoms with E-state index in [9.17, 15) is 25.0 Å². The quantitative estimate of drug-likeness (QED) is 0.432. The summed E-state index contributed by atoms with van der Waals surface area (Å²) in [6.45, 7) is 9.96. The number of nitrogens with one attached hydrogen (secondary N) is 2. The smallest absolute Gasteiger partial charge is 0.299 e. The molecule has 1 amide bonds. The third-order valence-corrected chi connectivity index (χ3v) is 4.18. The summed E-state index contributed by atoms with van der Waals surface area (Å²) in [4.78, 5) is 31.7. The van der Waals surface area contributed by atoms with Gasteiger partial charge in [-0.15, -0.1) is 0 Å². The van der Waals surface area contributed by atoms with Crippen molar-refractivity contribution in [2.75, 3.05) is 18.5 Å². The number of amides is 1. The van der Waals surface area contributed by atoms with E-state index in [1.807, 2.05) is 27.7 Å². The topological polar surface area (TPSA) is 137 Å². The van der Waals surface area contributed by atoms with Crippen LogP contribution in [0.2, 0.25) is 0 Å². The van der Waals surface area contributed by atoms with Gasteiger partial charge in [0.2, 0.25) is 5.91 Å². The molecule has 0 heterocycles. The molecular weight excluding hydrogens is 368 g/mol. The predicted octanol–water partition coefficient (Wildman–Crippen LogP) is 3.41. The number of ether oxygens (including phenoxy) is 1. The van der Waals surface area contributed by atoms with Crippen LogP contribution in [0.25, 0.3) is 0 Å². The van der Waals surface area contributed by atoms with Crippen molar-refractivity contribution in [3.8, 4) is 0 Å². The SMILES string of the molecule is CC(=O)NCCC(C)(C)OCCC(C)(C)Nc1ccc([N+](=O)[O-])cc1[N+](=O)[O-]. The molecular formula is C18H28N4O6. The Labute approximate surface area is 163 Å². The highest BCUT2D eigenvalue weighted by molar-refractivity contribution is 5.72. The van der Waals surface area contributed by atoms with Gasteiger partial charge < -0.3 is 15.4 Å². The molecule has 10 heteroatoms. The van der Waals surface area contributed by atoms with Crippen molar-refractivity contribution in [3.05, 3.63) is 38.4 Å². The van der Waals surface area contributed by atoms with Crippen LogP contribution in [0.4, 0.5) is 17.1 Å². The van der Waals surface area contributed by atoms with E-state index in [-0.39, 0.29) is 23.0 Å². The first kappa shape index (κ1) is 23.3. The first-order valence-corrected chi connectivity index (χ1v) is 8.92. The van der Waals surface area contributed by atoms with E-state index in [1.165, 1.54) is 19.1 Å². The molecule has 10 nitrogen and oxygen atoms in total. The number of benzene rings is 1. The minimum absolute atomic E-state index is 0.0918. The lowest BCUT2D eigenvalue weighted by atomic mass is 9.99. The molecule has 0 fully saturated rings. The average Bonchev–Trinajstić information content (AvgIpc) is 2.53. The van der Waals surface area contributed by atoms with Gasteiger partial charge >= 0.3 is 0 Å². The highest BCUT2D eigenvalue weighted by Gasteiger charge is 2.26. The zero-order valence-corrected chi connectivity index (χ0v) is 16.9. The molecule has 0 saturated carbocycles. The van der Waals surface area contributed by atoms with E-state index >= 15 is 0 Å². The molecule has 0 bridgehead atoms. The average molecular weight is 396 g/mol. The molecule has 0 aliphatic heterocycles. The summed E-state index contributed by atoms with van der Waals surface area (Å²) in [5.74, 6) is -0.0918. The summed E-state index contributed by atoms with van der Waals surface area (Å²) in [7, 11) is 0. The van der Waals surface area contributed by atoms with Gasteiger partial charge in [-0.25, -0.2) is 0 Å². The maximum absolute atomic E-state index is 11.3. The maximum atomic E-state index is 11.3. The Kier molecular flexibility index (Phi) is 7.86. The van der Waals surface area contributed by atoms with Crippen molar-refractivity contribution in [1.29, 1.82) is 0 Å². The summed E-state index contributed by atoms with van der Waals surface area (Å²) >= 11 is 0. The number of nitro groups is 2. The summed E-state index contributed by atoms with van der Waals surface area (Å²) in [6, 6.07) is 3.52. The van der Waals surface area contributed by atoms with Crippen LogP contribution in [0.1, 0.15) is 47.5 Å². The number of carbonyl (C=O) groups is 1. The largest absolute Gasteiger partial charge is 0.375 e. The van der Waals surface area contributed by atoms with Crippen molar-refractivity contribution in [1.82, 2.24) is 5.32 Å². The first-order valence-electron chi connectivity index (χ1n) is 8.92. The minimum Gasteiger partial charge on any atom is -0.375 e. The highest BCUT2D eigenvalue weighted by Crippen LogP contribution is 2.32. The van der Waals surface area contributed by atoms with Crippen molar-refractivity contribution in [2.45, 2.75) is 58.6 Å². The molecule has 0 aromatic heterocycles. The minimum atomic E-state index is -0.668. The van der Waals surface area contributed by atoms with Crippen LogP contribution in [-0.4, -0.2) is 40.0 Å². The zero-order valence-electron chi connectivity index (χ0n) is 16.9. The molecule has 0 atom stereocenters. The Hall–Kier alpha value is -2.75. The molecule has 0 unspecified atom stereocenters. The van der Waals surface area contributed by atoms with E-state index < -0.39 is 21.0 Å². The van der Waals surface area contributed by atoms with Crippen molar-refractivity contribution in [2.24, 2.45) is 0 Å². The van der Waals surface area contributed by atoms with Gasteiger partial charge in [0.15, 0.2) is 0 Å². The Bertz CT molecular complexity index is 733. The fraction of sp³-hybridized carbons (Fsp3) is 0.611. The molecule has 0 saturated heterocycles. The second-order valence-corrected chi connectivity index (χ2v) is 7.82. The predicted molar refractivity (Wildman–Crippen MR) is 105 cm³/mol. The standard InChI is InChI=1S/C18H28N4O6/c1-13(23)19-10-8-18(4,5)28-11-9-17(2,3)20-15-7-6-14(21(24)25)12-16(15)22(26)27/h6-7,12,20H,8-11H2,1-5H3,(H,19,23). The molecule has 0 aliphatic carbocycles. The molecule has 2 N–H and O–H groups in total. The zero-order chi connectivity index (χ0) is 21.5. The number of nitrogens with zero attached hydrogens (tertiary/aromatic N) is 2. The summed E-state index contributed by atoms with van der Waals surface area (Å²) in [5, 5.41) is 27.9. The van der Waals surface area contributed by atoms with Crippen LogP contribution in [0.3, 0.4) is 0 Å². The number of hydrogen-bond acceptors (Lipinski definition) is 7. The fourth-order valence-electron chi connectivity index (χ4n) is 2.51. The van der Waals surface area contributed by atoms with Gasteiger partial charge in [-0.05, 0) is 46.6 Å². The van der Waals surface area contributed by atoms with Gasteiger partial charge in [0.1, 0.15) is 5.69 Å². The molecule has 1 rings (SSSR count). The normalized spacial score (nSPS) is 11.8. The second-order valence-electron chi connectivity index (χ2n) is 7.82. The monoisotopic (exact) mass is 396 g/mol. The number of non-ortho nitro benzene ring substituents is 1. The van der Waals surface area contributed by atoms with Crippen molar-refractivity contribution < 1.29 is 19.4 Å². The van der Waals surface area contributed by atoms with Crippen LogP contribution in [0, 0.1) is 20.2 Å². The number of carbonyl (C=O) groups excluding carboxylic acids is 1. The number of hydrogen-bond donors (Lipinski definition) is 2. The van der Waals surface area contributed by atoms with Crippen LogP contribution >= 0.6 is 0 Å². The number of rotatable bonds is 11. The van der Waals surface area contributed by atoms with Gasteiger partial charge in [0, 0.05) is 31.7 Å². The van der Waals surface area contributed by atoms with E-state index in [4.69, 9.17) is 4.74 Å². The third-order valence-electron chi connectivity index (χ3n) is 4.18. The summed E-state index contributed by atoms with van der Waals surface area (Å²) in [6.07, 6.45) is 1.19. The number of nitro benzene ring substituents is 2. The Morgan fingerprint density at radius 3 is 2.29 bits per heavy atom.